The highest BCUT2D eigenvalue weighted by molar-refractivity contribution is 9.10. The fraction of sp³-hybridized carbons (Fsp3) is 0.263. The molecule has 0 aliphatic heterocycles. The van der Waals surface area contributed by atoms with Gasteiger partial charge < -0.3 is 4.74 Å². The van der Waals surface area contributed by atoms with Crippen molar-refractivity contribution in [1.29, 1.82) is 0 Å². The minimum atomic E-state index is -0.194. The summed E-state index contributed by atoms with van der Waals surface area (Å²) in [5.74, 6) is 0.597. The first kappa shape index (κ1) is 20.8. The zero-order chi connectivity index (χ0) is 18.9. The Morgan fingerprint density at radius 2 is 2.15 bits per heavy atom. The summed E-state index contributed by atoms with van der Waals surface area (Å²) in [4.78, 5) is 13.1. The number of hydrogen-bond donors (Lipinski definition) is 1. The van der Waals surface area contributed by atoms with Crippen molar-refractivity contribution in [3.63, 3.8) is 0 Å². The van der Waals surface area contributed by atoms with Crippen LogP contribution in [-0.2, 0) is 11.2 Å². The molecule has 138 valence electrons. The van der Waals surface area contributed by atoms with Gasteiger partial charge in [-0.05, 0) is 76.1 Å². The third-order valence-electron chi connectivity index (χ3n) is 3.41. The summed E-state index contributed by atoms with van der Waals surface area (Å²) >= 11 is 11.1. The Bertz CT molecular complexity index is 799. The number of benzene rings is 2. The van der Waals surface area contributed by atoms with Gasteiger partial charge in [-0.3, -0.25) is 4.79 Å². The molecule has 1 amide bonds. The zero-order valence-electron chi connectivity index (χ0n) is 14.6. The number of rotatable bonds is 8. The molecule has 7 heteroatoms. The summed E-state index contributed by atoms with van der Waals surface area (Å²) in [5.41, 5.74) is 4.29. The van der Waals surface area contributed by atoms with Crippen molar-refractivity contribution < 1.29 is 9.53 Å². The Morgan fingerprint density at radius 3 is 2.85 bits per heavy atom. The largest absolute Gasteiger partial charge is 0.492 e. The van der Waals surface area contributed by atoms with Crippen molar-refractivity contribution in [2.24, 2.45) is 5.10 Å². The lowest BCUT2D eigenvalue weighted by Crippen LogP contribution is -2.20. The Kier molecular flexibility index (Phi) is 8.48. The molecule has 2 rings (SSSR count). The van der Waals surface area contributed by atoms with Crippen molar-refractivity contribution in [1.82, 2.24) is 5.43 Å². The van der Waals surface area contributed by atoms with Gasteiger partial charge in [0, 0.05) is 9.92 Å². The molecule has 0 saturated heterocycles. The van der Waals surface area contributed by atoms with E-state index < -0.39 is 0 Å². The summed E-state index contributed by atoms with van der Waals surface area (Å²) in [6.45, 7) is 2.73. The van der Waals surface area contributed by atoms with Crippen molar-refractivity contribution >= 4 is 51.4 Å². The number of amides is 1. The van der Waals surface area contributed by atoms with Crippen LogP contribution in [0.25, 0.3) is 0 Å². The molecule has 0 fully saturated rings. The van der Waals surface area contributed by atoms with Crippen molar-refractivity contribution in [2.45, 2.75) is 24.7 Å². The molecule has 0 aliphatic rings. The second kappa shape index (κ2) is 10.6. The molecule has 0 aromatic heterocycles. The highest BCUT2D eigenvalue weighted by Gasteiger charge is 2.08. The van der Waals surface area contributed by atoms with Gasteiger partial charge in [-0.25, -0.2) is 5.43 Å². The van der Waals surface area contributed by atoms with Crippen molar-refractivity contribution in [3.8, 4) is 5.75 Å². The van der Waals surface area contributed by atoms with E-state index in [-0.39, 0.29) is 12.3 Å². The lowest BCUT2D eigenvalue weighted by atomic mass is 10.1. The van der Waals surface area contributed by atoms with E-state index in [0.717, 1.165) is 32.7 Å². The van der Waals surface area contributed by atoms with E-state index in [4.69, 9.17) is 16.3 Å². The van der Waals surface area contributed by atoms with E-state index in [1.165, 1.54) is 0 Å². The van der Waals surface area contributed by atoms with Gasteiger partial charge in [-0.2, -0.15) is 5.10 Å². The quantitative estimate of drug-likeness (QED) is 0.333. The van der Waals surface area contributed by atoms with Gasteiger partial charge in [0.25, 0.3) is 0 Å². The predicted molar refractivity (Wildman–Crippen MR) is 113 cm³/mol. The number of nitrogens with zero attached hydrogens (tertiary/aromatic N) is 1. The second-order valence-electron chi connectivity index (χ2n) is 5.46. The highest BCUT2D eigenvalue weighted by Crippen LogP contribution is 2.26. The van der Waals surface area contributed by atoms with Gasteiger partial charge in [-0.15, -0.1) is 11.8 Å². The molecule has 0 unspecified atom stereocenters. The predicted octanol–water partition coefficient (Wildman–Crippen LogP) is 5.31. The van der Waals surface area contributed by atoms with Crippen LogP contribution in [-0.4, -0.2) is 25.0 Å². The van der Waals surface area contributed by atoms with Gasteiger partial charge in [0.2, 0.25) is 5.91 Å². The van der Waals surface area contributed by atoms with Crippen LogP contribution < -0.4 is 10.2 Å². The molecule has 0 radical (unpaired) electrons. The molecule has 4 nitrogen and oxygen atoms in total. The third kappa shape index (κ3) is 6.34. The number of thioether (sulfide) groups is 1. The molecule has 26 heavy (non-hydrogen) atoms. The van der Waals surface area contributed by atoms with Crippen LogP contribution in [0.2, 0.25) is 5.02 Å². The van der Waals surface area contributed by atoms with E-state index in [1.54, 1.807) is 18.0 Å². The summed E-state index contributed by atoms with van der Waals surface area (Å²) < 4.78 is 6.46. The van der Waals surface area contributed by atoms with Crippen LogP contribution in [0.5, 0.6) is 5.75 Å². The molecule has 0 bridgehead atoms. The highest BCUT2D eigenvalue weighted by atomic mass is 79.9. The number of carbonyl (C=O) groups excluding carboxylic acids is 1. The van der Waals surface area contributed by atoms with Gasteiger partial charge in [0.05, 0.1) is 23.7 Å². The average Bonchev–Trinajstić information content (AvgIpc) is 2.61. The second-order valence-corrected chi connectivity index (χ2v) is 7.60. The number of halogens is 2. The fourth-order valence-electron chi connectivity index (χ4n) is 2.20. The molecule has 0 aliphatic carbocycles. The number of hydrogen-bond acceptors (Lipinski definition) is 4. The van der Waals surface area contributed by atoms with Gasteiger partial charge >= 0.3 is 0 Å². The Morgan fingerprint density at radius 1 is 1.35 bits per heavy atom. The van der Waals surface area contributed by atoms with Gasteiger partial charge in [-0.1, -0.05) is 18.5 Å². The lowest BCUT2D eigenvalue weighted by Gasteiger charge is -2.08. The van der Waals surface area contributed by atoms with Gasteiger partial charge in [0.1, 0.15) is 5.75 Å². The van der Waals surface area contributed by atoms with Crippen LogP contribution in [0.4, 0.5) is 0 Å². The molecule has 1 N–H and O–H groups in total. The van der Waals surface area contributed by atoms with Crippen molar-refractivity contribution in [3.05, 3.63) is 57.0 Å². The number of nitrogens with one attached hydrogen (secondary N) is 1. The normalized spacial score (nSPS) is 10.9. The topological polar surface area (TPSA) is 50.7 Å². The first-order valence-corrected chi connectivity index (χ1v) is 10.5. The Hall–Kier alpha value is -1.50. The average molecular weight is 456 g/mol. The maximum atomic E-state index is 12.1. The smallest absolute Gasteiger partial charge is 0.244 e. The lowest BCUT2D eigenvalue weighted by molar-refractivity contribution is -0.120. The fourth-order valence-corrected chi connectivity index (χ4v) is 3.51. The molecule has 0 atom stereocenters. The van der Waals surface area contributed by atoms with Crippen LogP contribution in [0, 0.1) is 0 Å². The molecule has 0 spiro atoms. The van der Waals surface area contributed by atoms with Crippen LogP contribution in [0.1, 0.15) is 24.5 Å². The van der Waals surface area contributed by atoms with Crippen LogP contribution in [0.15, 0.2) is 50.9 Å². The summed E-state index contributed by atoms with van der Waals surface area (Å²) in [6, 6.07) is 11.2. The summed E-state index contributed by atoms with van der Waals surface area (Å²) in [6.07, 6.45) is 4.74. The molecule has 2 aromatic rings. The Labute approximate surface area is 171 Å². The molecular formula is C19H20BrClN2O2S. The van der Waals surface area contributed by atoms with E-state index in [1.807, 2.05) is 42.7 Å². The van der Waals surface area contributed by atoms with E-state index in [0.29, 0.717) is 11.6 Å². The van der Waals surface area contributed by atoms with Crippen LogP contribution in [0.3, 0.4) is 0 Å². The number of carbonyl (C=O) groups is 1. The maximum Gasteiger partial charge on any atom is 0.244 e. The SMILES string of the molecule is CCCOc1ccc(/C=N\NC(=O)Cc2cc(Cl)ccc2SC)cc1Br. The number of hydrazone groups is 1. The summed E-state index contributed by atoms with van der Waals surface area (Å²) in [7, 11) is 0. The van der Waals surface area contributed by atoms with E-state index >= 15 is 0 Å². The molecule has 0 saturated carbocycles. The molecule has 0 heterocycles. The first-order chi connectivity index (χ1) is 12.5. The Balaban J connectivity index is 1.95. The minimum absolute atomic E-state index is 0.194. The van der Waals surface area contributed by atoms with E-state index in [9.17, 15) is 4.79 Å². The number of ether oxygens (including phenoxy) is 1. The van der Waals surface area contributed by atoms with Gasteiger partial charge in [0.15, 0.2) is 0 Å². The monoisotopic (exact) mass is 454 g/mol. The molecular weight excluding hydrogens is 436 g/mol. The first-order valence-electron chi connectivity index (χ1n) is 8.10. The van der Waals surface area contributed by atoms with E-state index in [2.05, 4.69) is 33.4 Å². The molecule has 2 aromatic carbocycles. The maximum absolute atomic E-state index is 12.1. The third-order valence-corrected chi connectivity index (χ3v) is 5.11. The van der Waals surface area contributed by atoms with Crippen molar-refractivity contribution in [2.75, 3.05) is 12.9 Å². The summed E-state index contributed by atoms with van der Waals surface area (Å²) in [5, 5.41) is 4.64. The zero-order valence-corrected chi connectivity index (χ0v) is 17.7. The van der Waals surface area contributed by atoms with Crippen LogP contribution >= 0.6 is 39.3 Å². The minimum Gasteiger partial charge on any atom is -0.492 e. The standard InChI is InChI=1S/C19H20BrClN2O2S/c1-3-8-25-17-6-4-13(9-16(17)20)12-22-23-19(24)11-14-10-15(21)5-7-18(14)26-2/h4-7,9-10,12H,3,8,11H2,1-2H3,(H,23,24)/b22-12-.